The number of aromatic amines is 2. The van der Waals surface area contributed by atoms with Crippen molar-refractivity contribution >= 4 is 34.4 Å². The fraction of sp³-hybridized carbons (Fsp3) is 0.250. The highest BCUT2D eigenvalue weighted by Gasteiger charge is 2.23. The number of rotatable bonds is 4. The molecule has 0 atom stereocenters. The van der Waals surface area contributed by atoms with Gasteiger partial charge in [0.25, 0.3) is 0 Å². The zero-order valence-corrected chi connectivity index (χ0v) is 15.8. The minimum Gasteiger partial charge on any atom is -0.496 e. The zero-order valence-electron chi connectivity index (χ0n) is 13.4. The number of nitrogens with one attached hydrogen (secondary N) is 2. The molecule has 0 amide bonds. The van der Waals surface area contributed by atoms with Gasteiger partial charge in [0, 0.05) is 11.3 Å². The molecular formula is C16H15BrN6OS. The van der Waals surface area contributed by atoms with Crippen molar-refractivity contribution in [2.24, 2.45) is 5.10 Å². The second-order valence-corrected chi connectivity index (χ2v) is 6.93. The number of fused-ring (bicyclic) bond motifs is 1. The molecule has 25 heavy (non-hydrogen) atoms. The number of halogens is 1. The smallest absolute Gasteiger partial charge is 0.216 e. The molecule has 2 aromatic heterocycles. The highest BCUT2D eigenvalue weighted by atomic mass is 79.9. The van der Waals surface area contributed by atoms with Gasteiger partial charge in [0.2, 0.25) is 10.6 Å². The third kappa shape index (κ3) is 2.93. The number of hydrogen-bond acceptors (Lipinski definition) is 5. The van der Waals surface area contributed by atoms with Crippen LogP contribution >= 0.6 is 28.1 Å². The zero-order chi connectivity index (χ0) is 17.4. The standard InChI is InChI=1S/C16H15BrN6OS/c1-24-13-6-5-9(7-11(13)17)8-18-23-15(21-22-16(23)25)14-10-3-2-4-12(10)19-20-14/h5-8H,2-4H2,1H3,(H,19,20)(H,22,25)/b18-8+. The topological polar surface area (TPSA) is 83.9 Å². The maximum atomic E-state index is 5.32. The van der Waals surface area contributed by atoms with Crippen LogP contribution in [0.4, 0.5) is 0 Å². The highest BCUT2D eigenvalue weighted by molar-refractivity contribution is 9.10. The third-order valence-electron chi connectivity index (χ3n) is 4.17. The van der Waals surface area contributed by atoms with E-state index in [4.69, 9.17) is 17.0 Å². The molecule has 0 aliphatic heterocycles. The van der Waals surface area contributed by atoms with Crippen molar-refractivity contribution in [3.8, 4) is 17.3 Å². The monoisotopic (exact) mass is 418 g/mol. The van der Waals surface area contributed by atoms with Crippen molar-refractivity contribution in [2.45, 2.75) is 19.3 Å². The third-order valence-corrected chi connectivity index (χ3v) is 5.05. The van der Waals surface area contributed by atoms with Gasteiger partial charge in [0.05, 0.1) is 17.8 Å². The number of hydrogen-bond donors (Lipinski definition) is 2. The van der Waals surface area contributed by atoms with Crippen LogP contribution in [0.5, 0.6) is 5.75 Å². The van der Waals surface area contributed by atoms with E-state index in [1.165, 1.54) is 11.3 Å². The van der Waals surface area contributed by atoms with Gasteiger partial charge >= 0.3 is 0 Å². The predicted molar refractivity (Wildman–Crippen MR) is 101 cm³/mol. The maximum absolute atomic E-state index is 5.32. The Hall–Kier alpha value is -2.26. The van der Waals surface area contributed by atoms with Crippen molar-refractivity contribution in [3.05, 3.63) is 44.3 Å². The number of benzene rings is 1. The largest absolute Gasteiger partial charge is 0.496 e. The van der Waals surface area contributed by atoms with Crippen molar-refractivity contribution in [1.29, 1.82) is 0 Å². The Kier molecular flexibility index (Phi) is 4.26. The van der Waals surface area contributed by atoms with Gasteiger partial charge in [-0.25, -0.2) is 5.10 Å². The molecule has 7 nitrogen and oxygen atoms in total. The molecule has 3 aromatic rings. The van der Waals surface area contributed by atoms with Gasteiger partial charge in [0.15, 0.2) is 0 Å². The Labute approximate surface area is 157 Å². The van der Waals surface area contributed by atoms with E-state index in [-0.39, 0.29) is 0 Å². The molecule has 0 spiro atoms. The van der Waals surface area contributed by atoms with E-state index in [1.807, 2.05) is 18.2 Å². The number of methoxy groups -OCH3 is 1. The number of nitrogens with zero attached hydrogens (tertiary/aromatic N) is 4. The Morgan fingerprint density at radius 2 is 2.20 bits per heavy atom. The summed E-state index contributed by atoms with van der Waals surface area (Å²) in [4.78, 5) is 0. The van der Waals surface area contributed by atoms with Crippen molar-refractivity contribution in [3.63, 3.8) is 0 Å². The summed E-state index contributed by atoms with van der Waals surface area (Å²) in [7, 11) is 1.63. The summed E-state index contributed by atoms with van der Waals surface area (Å²) in [5, 5.41) is 19.1. The van der Waals surface area contributed by atoms with Crippen LogP contribution in [0.25, 0.3) is 11.5 Å². The second kappa shape index (κ2) is 6.57. The van der Waals surface area contributed by atoms with E-state index in [0.717, 1.165) is 40.7 Å². The van der Waals surface area contributed by atoms with Gasteiger partial charge in [-0.05, 0) is 71.2 Å². The molecule has 0 unspecified atom stereocenters. The van der Waals surface area contributed by atoms with E-state index >= 15 is 0 Å². The van der Waals surface area contributed by atoms with Crippen LogP contribution in [0.2, 0.25) is 0 Å². The quantitative estimate of drug-likeness (QED) is 0.501. The summed E-state index contributed by atoms with van der Waals surface area (Å²) in [6, 6.07) is 5.72. The van der Waals surface area contributed by atoms with Crippen molar-refractivity contribution < 1.29 is 4.74 Å². The molecule has 0 fully saturated rings. The molecule has 2 heterocycles. The summed E-state index contributed by atoms with van der Waals surface area (Å²) in [5.41, 5.74) is 4.11. The molecule has 0 bridgehead atoms. The van der Waals surface area contributed by atoms with Crippen LogP contribution in [-0.2, 0) is 12.8 Å². The summed E-state index contributed by atoms with van der Waals surface area (Å²) in [6.07, 6.45) is 4.88. The first kappa shape index (κ1) is 16.2. The fourth-order valence-electron chi connectivity index (χ4n) is 2.94. The molecule has 9 heteroatoms. The van der Waals surface area contributed by atoms with Crippen LogP contribution in [-0.4, -0.2) is 38.4 Å². The summed E-state index contributed by atoms with van der Waals surface area (Å²) in [6.45, 7) is 0. The predicted octanol–water partition coefficient (Wildman–Crippen LogP) is 3.47. The lowest BCUT2D eigenvalue weighted by Crippen LogP contribution is -1.97. The Bertz CT molecular complexity index is 1020. The van der Waals surface area contributed by atoms with Crippen molar-refractivity contribution in [1.82, 2.24) is 25.1 Å². The normalized spacial score (nSPS) is 13.5. The molecule has 0 saturated carbocycles. The number of H-pyrrole nitrogens is 2. The second-order valence-electron chi connectivity index (χ2n) is 5.69. The minimum absolute atomic E-state index is 0.425. The molecule has 1 aromatic carbocycles. The molecular weight excluding hydrogens is 404 g/mol. The van der Waals surface area contributed by atoms with Crippen molar-refractivity contribution in [2.75, 3.05) is 7.11 Å². The van der Waals surface area contributed by atoms with Gasteiger partial charge in [-0.2, -0.15) is 20.0 Å². The lowest BCUT2D eigenvalue weighted by atomic mass is 10.2. The van der Waals surface area contributed by atoms with E-state index in [9.17, 15) is 0 Å². The van der Waals surface area contributed by atoms with E-state index < -0.39 is 0 Å². The number of ether oxygens (including phenoxy) is 1. The van der Waals surface area contributed by atoms with Crippen LogP contribution in [0, 0.1) is 4.77 Å². The van der Waals surface area contributed by atoms with Gasteiger partial charge in [0.1, 0.15) is 11.4 Å². The average Bonchev–Trinajstić information content (AvgIpc) is 3.29. The van der Waals surface area contributed by atoms with E-state index in [0.29, 0.717) is 10.6 Å². The van der Waals surface area contributed by atoms with Crippen LogP contribution < -0.4 is 4.74 Å². The molecule has 2 N–H and O–H groups in total. The molecule has 4 rings (SSSR count). The van der Waals surface area contributed by atoms with E-state index in [2.05, 4.69) is 41.4 Å². The lowest BCUT2D eigenvalue weighted by Gasteiger charge is -2.03. The van der Waals surface area contributed by atoms with E-state index in [1.54, 1.807) is 18.0 Å². The number of aryl methyl sites for hydroxylation is 1. The Morgan fingerprint density at radius 3 is 3.00 bits per heavy atom. The van der Waals surface area contributed by atoms with Crippen LogP contribution in [0.3, 0.4) is 0 Å². The molecule has 0 saturated heterocycles. The molecule has 0 radical (unpaired) electrons. The molecule has 1 aliphatic rings. The Morgan fingerprint density at radius 1 is 1.32 bits per heavy atom. The Balaban J connectivity index is 1.71. The highest BCUT2D eigenvalue weighted by Crippen LogP contribution is 2.29. The minimum atomic E-state index is 0.425. The van der Waals surface area contributed by atoms with Gasteiger partial charge in [-0.1, -0.05) is 0 Å². The molecule has 1 aliphatic carbocycles. The van der Waals surface area contributed by atoms with Gasteiger partial charge in [-0.15, -0.1) is 0 Å². The average molecular weight is 419 g/mol. The molecule has 128 valence electrons. The van der Waals surface area contributed by atoms with Crippen LogP contribution in [0.15, 0.2) is 27.8 Å². The number of aromatic nitrogens is 5. The lowest BCUT2D eigenvalue weighted by molar-refractivity contribution is 0.412. The maximum Gasteiger partial charge on any atom is 0.216 e. The summed E-state index contributed by atoms with van der Waals surface area (Å²) in [5.74, 6) is 1.39. The van der Waals surface area contributed by atoms with Crippen LogP contribution in [0.1, 0.15) is 23.2 Å². The van der Waals surface area contributed by atoms with Gasteiger partial charge < -0.3 is 4.74 Å². The van der Waals surface area contributed by atoms with Gasteiger partial charge in [-0.3, -0.25) is 5.10 Å². The summed E-state index contributed by atoms with van der Waals surface area (Å²) >= 11 is 8.79. The first-order valence-corrected chi connectivity index (χ1v) is 8.99. The fourth-order valence-corrected chi connectivity index (χ4v) is 3.68. The SMILES string of the molecule is COc1ccc(/C=N/n2c(-c3n[nH]c4c3CCC4)n[nH]c2=S)cc1Br. The first-order chi connectivity index (χ1) is 12.2. The first-order valence-electron chi connectivity index (χ1n) is 7.79. The summed E-state index contributed by atoms with van der Waals surface area (Å²) < 4.78 is 8.13.